The lowest BCUT2D eigenvalue weighted by molar-refractivity contribution is 0.413. The number of ether oxygens (including phenoxy) is 1. The second-order valence-electron chi connectivity index (χ2n) is 5.01. The first-order valence-corrected chi connectivity index (χ1v) is 7.14. The molecule has 4 rings (SSSR count). The van der Waals surface area contributed by atoms with E-state index in [-0.39, 0.29) is 5.95 Å². The van der Waals surface area contributed by atoms with Gasteiger partial charge in [-0.25, -0.2) is 9.67 Å². The summed E-state index contributed by atoms with van der Waals surface area (Å²) in [6.07, 6.45) is 3.23. The molecule has 4 aromatic heterocycles. The smallest absolute Gasteiger partial charge is 0.222 e. The van der Waals surface area contributed by atoms with Crippen molar-refractivity contribution in [2.24, 2.45) is 0 Å². The summed E-state index contributed by atoms with van der Waals surface area (Å²) < 4.78 is 12.2. The van der Waals surface area contributed by atoms with E-state index in [0.717, 1.165) is 11.4 Å². The summed E-state index contributed by atoms with van der Waals surface area (Å²) >= 11 is 0. The maximum atomic E-state index is 5.83. The zero-order valence-corrected chi connectivity index (χ0v) is 12.7. The van der Waals surface area contributed by atoms with Crippen molar-refractivity contribution in [1.82, 2.24) is 29.9 Å². The van der Waals surface area contributed by atoms with Gasteiger partial charge in [-0.1, -0.05) is 5.21 Å². The van der Waals surface area contributed by atoms with Gasteiger partial charge >= 0.3 is 0 Å². The Labute approximate surface area is 136 Å². The Balaban J connectivity index is 1.80. The monoisotopic (exact) mass is 323 g/mol. The van der Waals surface area contributed by atoms with Crippen molar-refractivity contribution in [3.63, 3.8) is 0 Å². The Kier molecular flexibility index (Phi) is 3.30. The summed E-state index contributed by atoms with van der Waals surface area (Å²) in [5.41, 5.74) is 8.13. The minimum atomic E-state index is 0.121. The van der Waals surface area contributed by atoms with Crippen LogP contribution in [0.2, 0.25) is 0 Å². The lowest BCUT2D eigenvalue weighted by Crippen LogP contribution is -2.06. The third kappa shape index (κ3) is 2.41. The molecule has 0 aliphatic heterocycles. The van der Waals surface area contributed by atoms with E-state index in [4.69, 9.17) is 14.9 Å². The van der Waals surface area contributed by atoms with Crippen LogP contribution in [0.3, 0.4) is 0 Å². The molecule has 0 saturated heterocycles. The molecule has 0 spiro atoms. The highest BCUT2D eigenvalue weighted by Crippen LogP contribution is 2.25. The molecule has 0 aromatic carbocycles. The molecule has 0 unspecified atom stereocenters. The SMILES string of the molecule is COc1ccnc(Cn2nnc3c(-c4ccco4)nc(N)nc32)c1. The molecule has 0 bridgehead atoms. The van der Waals surface area contributed by atoms with Gasteiger partial charge in [0.15, 0.2) is 16.9 Å². The van der Waals surface area contributed by atoms with E-state index < -0.39 is 0 Å². The molecule has 4 heterocycles. The van der Waals surface area contributed by atoms with E-state index in [1.165, 1.54) is 0 Å². The molecule has 0 amide bonds. The van der Waals surface area contributed by atoms with Gasteiger partial charge in [0, 0.05) is 12.3 Å². The first-order valence-electron chi connectivity index (χ1n) is 7.14. The Morgan fingerprint density at radius 3 is 3.00 bits per heavy atom. The van der Waals surface area contributed by atoms with Gasteiger partial charge in [0.25, 0.3) is 0 Å². The molecular weight excluding hydrogens is 310 g/mol. The summed E-state index contributed by atoms with van der Waals surface area (Å²) in [4.78, 5) is 12.8. The second kappa shape index (κ2) is 5.61. The van der Waals surface area contributed by atoms with E-state index in [0.29, 0.717) is 29.2 Å². The molecule has 0 aliphatic carbocycles. The average molecular weight is 323 g/mol. The summed E-state index contributed by atoms with van der Waals surface area (Å²) in [5, 5.41) is 8.31. The number of fused-ring (bicyclic) bond motifs is 1. The maximum Gasteiger partial charge on any atom is 0.222 e. The van der Waals surface area contributed by atoms with Gasteiger partial charge in [-0.2, -0.15) is 4.98 Å². The van der Waals surface area contributed by atoms with Crippen LogP contribution in [0.15, 0.2) is 41.1 Å². The number of methoxy groups -OCH3 is 1. The molecule has 9 nitrogen and oxygen atoms in total. The number of furan rings is 1. The van der Waals surface area contributed by atoms with Crippen LogP contribution < -0.4 is 10.5 Å². The Morgan fingerprint density at radius 2 is 2.21 bits per heavy atom. The standard InChI is InChI=1S/C15H13N7O2/c1-23-10-4-5-17-9(7-10)8-22-14-13(20-21-22)12(18-15(16)19-14)11-3-2-6-24-11/h2-7H,8H2,1H3,(H2,16,18,19). The molecular formula is C15H13N7O2. The fourth-order valence-electron chi connectivity index (χ4n) is 2.39. The highest BCUT2D eigenvalue weighted by Gasteiger charge is 2.17. The van der Waals surface area contributed by atoms with Crippen LogP contribution >= 0.6 is 0 Å². The van der Waals surface area contributed by atoms with Gasteiger partial charge in [0.2, 0.25) is 5.95 Å². The lowest BCUT2D eigenvalue weighted by atomic mass is 10.3. The predicted molar refractivity (Wildman–Crippen MR) is 85.1 cm³/mol. The largest absolute Gasteiger partial charge is 0.497 e. The van der Waals surface area contributed by atoms with E-state index in [9.17, 15) is 0 Å². The van der Waals surface area contributed by atoms with Crippen molar-refractivity contribution in [3.05, 3.63) is 42.4 Å². The molecule has 0 radical (unpaired) electrons. The van der Waals surface area contributed by atoms with Gasteiger partial charge in [-0.15, -0.1) is 5.10 Å². The van der Waals surface area contributed by atoms with Crippen LogP contribution in [0.5, 0.6) is 5.75 Å². The van der Waals surface area contributed by atoms with Crippen LogP contribution in [0.1, 0.15) is 5.69 Å². The number of nitrogens with two attached hydrogens (primary N) is 1. The number of hydrogen-bond acceptors (Lipinski definition) is 8. The minimum Gasteiger partial charge on any atom is -0.497 e. The molecule has 24 heavy (non-hydrogen) atoms. The zero-order chi connectivity index (χ0) is 16.5. The van der Waals surface area contributed by atoms with Gasteiger partial charge in [0.05, 0.1) is 25.6 Å². The summed E-state index contributed by atoms with van der Waals surface area (Å²) in [6, 6.07) is 7.15. The fraction of sp³-hybridized carbons (Fsp3) is 0.133. The van der Waals surface area contributed by atoms with E-state index in [2.05, 4.69) is 25.3 Å². The normalized spacial score (nSPS) is 11.0. The van der Waals surface area contributed by atoms with Crippen LogP contribution in [-0.2, 0) is 6.54 Å². The first kappa shape index (κ1) is 14.1. The third-order valence-electron chi connectivity index (χ3n) is 3.47. The highest BCUT2D eigenvalue weighted by atomic mass is 16.5. The molecule has 0 atom stereocenters. The number of hydrogen-bond donors (Lipinski definition) is 1. The number of anilines is 1. The van der Waals surface area contributed by atoms with Crippen molar-refractivity contribution >= 4 is 17.1 Å². The number of nitrogens with zero attached hydrogens (tertiary/aromatic N) is 6. The van der Waals surface area contributed by atoms with Crippen molar-refractivity contribution < 1.29 is 9.15 Å². The van der Waals surface area contributed by atoms with Gasteiger partial charge in [-0.05, 0) is 18.2 Å². The highest BCUT2D eigenvalue weighted by molar-refractivity contribution is 5.85. The number of pyridine rings is 1. The number of aromatic nitrogens is 6. The zero-order valence-electron chi connectivity index (χ0n) is 12.7. The summed E-state index contributed by atoms with van der Waals surface area (Å²) in [5.74, 6) is 1.39. The number of rotatable bonds is 4. The summed E-state index contributed by atoms with van der Waals surface area (Å²) in [7, 11) is 1.60. The van der Waals surface area contributed by atoms with Crippen molar-refractivity contribution in [1.29, 1.82) is 0 Å². The van der Waals surface area contributed by atoms with E-state index >= 15 is 0 Å². The number of nitrogen functional groups attached to an aromatic ring is 1. The molecule has 2 N–H and O–H groups in total. The molecule has 4 aromatic rings. The first-order chi connectivity index (χ1) is 11.7. The Morgan fingerprint density at radius 1 is 1.29 bits per heavy atom. The van der Waals surface area contributed by atoms with Crippen LogP contribution in [0.25, 0.3) is 22.6 Å². The van der Waals surface area contributed by atoms with Crippen molar-refractivity contribution in [2.75, 3.05) is 12.8 Å². The van der Waals surface area contributed by atoms with Crippen LogP contribution in [0, 0.1) is 0 Å². The fourth-order valence-corrected chi connectivity index (χ4v) is 2.39. The topological polar surface area (TPSA) is 118 Å². The molecule has 9 heteroatoms. The maximum absolute atomic E-state index is 5.83. The Bertz CT molecular complexity index is 994. The minimum absolute atomic E-state index is 0.121. The van der Waals surface area contributed by atoms with E-state index in [1.54, 1.807) is 42.5 Å². The third-order valence-corrected chi connectivity index (χ3v) is 3.47. The Hall–Kier alpha value is -3.49. The van der Waals surface area contributed by atoms with Crippen LogP contribution in [0.4, 0.5) is 5.95 Å². The van der Waals surface area contributed by atoms with Gasteiger partial charge in [0.1, 0.15) is 11.4 Å². The average Bonchev–Trinajstić information content (AvgIpc) is 3.25. The quantitative estimate of drug-likeness (QED) is 0.600. The van der Waals surface area contributed by atoms with Crippen molar-refractivity contribution in [3.8, 4) is 17.2 Å². The molecule has 0 aliphatic rings. The van der Waals surface area contributed by atoms with Gasteiger partial charge in [-0.3, -0.25) is 4.98 Å². The van der Waals surface area contributed by atoms with Crippen molar-refractivity contribution in [2.45, 2.75) is 6.54 Å². The molecule has 0 fully saturated rings. The van der Waals surface area contributed by atoms with E-state index in [1.807, 2.05) is 6.07 Å². The lowest BCUT2D eigenvalue weighted by Gasteiger charge is -2.05. The summed E-state index contributed by atoms with van der Waals surface area (Å²) in [6.45, 7) is 0.377. The molecule has 120 valence electrons. The predicted octanol–water partition coefficient (Wildman–Crippen LogP) is 1.52. The van der Waals surface area contributed by atoms with Gasteiger partial charge < -0.3 is 14.9 Å². The van der Waals surface area contributed by atoms with Crippen LogP contribution in [-0.4, -0.2) is 37.1 Å². The molecule has 0 saturated carbocycles. The second-order valence-corrected chi connectivity index (χ2v) is 5.01.